The van der Waals surface area contributed by atoms with Gasteiger partial charge in [-0.25, -0.2) is 0 Å². The van der Waals surface area contributed by atoms with E-state index >= 15 is 0 Å². The van der Waals surface area contributed by atoms with Gasteiger partial charge in [0.1, 0.15) is 0 Å². The minimum absolute atomic E-state index is 0.210. The van der Waals surface area contributed by atoms with Crippen LogP contribution in [-0.2, 0) is 4.65 Å². The highest BCUT2D eigenvalue weighted by atomic mass is 35.5. The van der Waals surface area contributed by atoms with E-state index in [9.17, 15) is 5.02 Å². The molecule has 0 aliphatic carbocycles. The van der Waals surface area contributed by atoms with Crippen LogP contribution in [0, 0.1) is 0 Å². The summed E-state index contributed by atoms with van der Waals surface area (Å²) < 4.78 is 5.57. The predicted octanol–water partition coefficient (Wildman–Crippen LogP) is 2.15. The fourth-order valence-electron chi connectivity index (χ4n) is 2.15. The van der Waals surface area contributed by atoms with Gasteiger partial charge in [0.05, 0.1) is 6.10 Å². The lowest BCUT2D eigenvalue weighted by Gasteiger charge is -2.12. The molecule has 84 valence electrons. The second-order valence-corrected chi connectivity index (χ2v) is 4.49. The molecule has 4 heteroatoms. The van der Waals surface area contributed by atoms with Gasteiger partial charge in [-0.2, -0.15) is 0 Å². The van der Waals surface area contributed by atoms with Gasteiger partial charge >= 0.3 is 7.12 Å². The summed E-state index contributed by atoms with van der Waals surface area (Å²) in [6.45, 7) is 0. The summed E-state index contributed by atoms with van der Waals surface area (Å²) >= 11 is 5.86. The monoisotopic (exact) mass is 244 g/mol. The highest BCUT2D eigenvalue weighted by Crippen LogP contribution is 2.30. The standard InChI is InChI=1S/C13H10BClO2/c15-10-7-5-9(6-8-10)13-11-3-1-2-4-12(11)14(16)17-13/h1-8,13,16H. The molecule has 2 aromatic carbocycles. The van der Waals surface area contributed by atoms with Crippen LogP contribution < -0.4 is 5.46 Å². The molecule has 2 aromatic rings. The van der Waals surface area contributed by atoms with Crippen LogP contribution in [0.15, 0.2) is 48.5 Å². The van der Waals surface area contributed by atoms with Crippen molar-refractivity contribution in [3.8, 4) is 0 Å². The molecule has 1 aliphatic heterocycles. The summed E-state index contributed by atoms with van der Waals surface area (Å²) in [4.78, 5) is 0. The third-order valence-corrected chi connectivity index (χ3v) is 3.23. The maximum absolute atomic E-state index is 9.82. The van der Waals surface area contributed by atoms with Crippen molar-refractivity contribution < 1.29 is 9.68 Å². The summed E-state index contributed by atoms with van der Waals surface area (Å²) in [5.74, 6) is 0. The molecule has 0 spiro atoms. The minimum Gasteiger partial charge on any atom is -0.423 e. The Bertz CT molecular complexity index is 541. The lowest BCUT2D eigenvalue weighted by Crippen LogP contribution is -2.27. The van der Waals surface area contributed by atoms with E-state index < -0.39 is 7.12 Å². The Morgan fingerprint density at radius 3 is 2.53 bits per heavy atom. The molecule has 0 radical (unpaired) electrons. The minimum atomic E-state index is -0.841. The molecule has 1 heterocycles. The average molecular weight is 244 g/mol. The Morgan fingerprint density at radius 1 is 1.06 bits per heavy atom. The van der Waals surface area contributed by atoms with Crippen molar-refractivity contribution >= 4 is 24.2 Å². The van der Waals surface area contributed by atoms with Gasteiger partial charge in [0.25, 0.3) is 0 Å². The summed E-state index contributed by atoms with van der Waals surface area (Å²) in [5, 5.41) is 10.5. The summed E-state index contributed by atoms with van der Waals surface area (Å²) in [6.07, 6.45) is -0.210. The fraction of sp³-hybridized carbons (Fsp3) is 0.0769. The van der Waals surface area contributed by atoms with Crippen molar-refractivity contribution in [1.29, 1.82) is 0 Å². The molecule has 17 heavy (non-hydrogen) atoms. The molecule has 2 nitrogen and oxygen atoms in total. The average Bonchev–Trinajstić information content (AvgIpc) is 2.69. The molecule has 0 saturated carbocycles. The Kier molecular flexibility index (Phi) is 2.67. The lowest BCUT2D eigenvalue weighted by molar-refractivity contribution is 0.226. The number of hydrogen-bond donors (Lipinski definition) is 1. The van der Waals surface area contributed by atoms with Gasteiger partial charge in [0.2, 0.25) is 0 Å². The van der Waals surface area contributed by atoms with E-state index in [-0.39, 0.29) is 6.10 Å². The SMILES string of the molecule is OB1OC(c2ccc(Cl)cc2)c2ccccc21. The van der Waals surface area contributed by atoms with Crippen molar-refractivity contribution in [1.82, 2.24) is 0 Å². The third kappa shape index (κ3) is 1.87. The van der Waals surface area contributed by atoms with Crippen molar-refractivity contribution in [2.24, 2.45) is 0 Å². The highest BCUT2D eigenvalue weighted by Gasteiger charge is 2.35. The molecular weight excluding hydrogens is 234 g/mol. The summed E-state index contributed by atoms with van der Waals surface area (Å²) in [5.41, 5.74) is 2.85. The van der Waals surface area contributed by atoms with Crippen LogP contribution in [0.25, 0.3) is 0 Å². The predicted molar refractivity (Wildman–Crippen MR) is 68.4 cm³/mol. The fourth-order valence-corrected chi connectivity index (χ4v) is 2.27. The van der Waals surface area contributed by atoms with Gasteiger partial charge in [0.15, 0.2) is 0 Å². The van der Waals surface area contributed by atoms with E-state index in [0.717, 1.165) is 16.6 Å². The Labute approximate surface area is 105 Å². The van der Waals surface area contributed by atoms with E-state index in [2.05, 4.69) is 0 Å². The van der Waals surface area contributed by atoms with Crippen LogP contribution in [0.1, 0.15) is 17.2 Å². The van der Waals surface area contributed by atoms with Gasteiger partial charge in [0, 0.05) is 5.02 Å². The number of benzene rings is 2. The summed E-state index contributed by atoms with van der Waals surface area (Å²) in [7, 11) is -0.841. The molecule has 1 N–H and O–H groups in total. The van der Waals surface area contributed by atoms with Crippen molar-refractivity contribution in [3.05, 3.63) is 64.7 Å². The third-order valence-electron chi connectivity index (χ3n) is 2.98. The zero-order valence-electron chi connectivity index (χ0n) is 9.01. The zero-order valence-corrected chi connectivity index (χ0v) is 9.76. The maximum Gasteiger partial charge on any atom is 0.492 e. The van der Waals surface area contributed by atoms with E-state index in [0.29, 0.717) is 5.02 Å². The first-order valence-corrected chi connectivity index (χ1v) is 5.81. The van der Waals surface area contributed by atoms with Crippen LogP contribution in [0.3, 0.4) is 0 Å². The molecule has 0 fully saturated rings. The Hall–Kier alpha value is -1.29. The van der Waals surface area contributed by atoms with Crippen LogP contribution in [0.4, 0.5) is 0 Å². The molecular formula is C13H10BClO2. The normalized spacial score (nSPS) is 18.2. The lowest BCUT2D eigenvalue weighted by atomic mass is 9.79. The summed E-state index contributed by atoms with van der Waals surface area (Å²) in [6, 6.07) is 15.2. The molecule has 0 aromatic heterocycles. The molecule has 0 bridgehead atoms. The van der Waals surface area contributed by atoms with E-state index in [4.69, 9.17) is 16.3 Å². The molecule has 1 unspecified atom stereocenters. The Balaban J connectivity index is 2.04. The van der Waals surface area contributed by atoms with Crippen LogP contribution in [-0.4, -0.2) is 12.1 Å². The number of hydrogen-bond acceptors (Lipinski definition) is 2. The molecule has 0 amide bonds. The quantitative estimate of drug-likeness (QED) is 0.779. The van der Waals surface area contributed by atoms with Crippen molar-refractivity contribution in [2.45, 2.75) is 6.10 Å². The number of halogens is 1. The van der Waals surface area contributed by atoms with E-state index in [1.165, 1.54) is 0 Å². The van der Waals surface area contributed by atoms with Gasteiger partial charge in [-0.3, -0.25) is 0 Å². The number of rotatable bonds is 1. The first-order chi connectivity index (χ1) is 8.25. The van der Waals surface area contributed by atoms with Crippen LogP contribution in [0.5, 0.6) is 0 Å². The van der Waals surface area contributed by atoms with Crippen LogP contribution in [0.2, 0.25) is 5.02 Å². The van der Waals surface area contributed by atoms with E-state index in [1.54, 1.807) is 0 Å². The van der Waals surface area contributed by atoms with Crippen molar-refractivity contribution in [2.75, 3.05) is 0 Å². The zero-order chi connectivity index (χ0) is 11.8. The molecule has 1 atom stereocenters. The smallest absolute Gasteiger partial charge is 0.423 e. The van der Waals surface area contributed by atoms with Gasteiger partial charge < -0.3 is 9.68 Å². The van der Waals surface area contributed by atoms with E-state index in [1.807, 2.05) is 48.5 Å². The first kappa shape index (κ1) is 10.8. The van der Waals surface area contributed by atoms with Crippen molar-refractivity contribution in [3.63, 3.8) is 0 Å². The second-order valence-electron chi connectivity index (χ2n) is 4.05. The molecule has 1 aliphatic rings. The van der Waals surface area contributed by atoms with Gasteiger partial charge in [-0.05, 0) is 28.7 Å². The number of fused-ring (bicyclic) bond motifs is 1. The maximum atomic E-state index is 9.82. The Morgan fingerprint density at radius 2 is 1.76 bits per heavy atom. The second kappa shape index (κ2) is 4.19. The molecule has 0 saturated heterocycles. The van der Waals surface area contributed by atoms with Gasteiger partial charge in [-0.1, -0.05) is 48.0 Å². The highest BCUT2D eigenvalue weighted by molar-refractivity contribution is 6.61. The van der Waals surface area contributed by atoms with Gasteiger partial charge in [-0.15, -0.1) is 0 Å². The topological polar surface area (TPSA) is 29.5 Å². The van der Waals surface area contributed by atoms with Crippen LogP contribution >= 0.6 is 11.6 Å². The largest absolute Gasteiger partial charge is 0.492 e. The first-order valence-electron chi connectivity index (χ1n) is 5.43. The molecule has 3 rings (SSSR count).